The summed E-state index contributed by atoms with van der Waals surface area (Å²) in [4.78, 5) is 38.2. The lowest BCUT2D eigenvalue weighted by molar-refractivity contribution is -0.167. The molecule has 6 nitrogen and oxygen atoms in total. The Morgan fingerprint density at radius 3 is 0.765 bits per heavy atom. The molecule has 0 aliphatic heterocycles. The zero-order valence-electron chi connectivity index (χ0n) is 54.3. The van der Waals surface area contributed by atoms with Crippen LogP contribution in [-0.2, 0) is 28.6 Å². The van der Waals surface area contributed by atoms with Crippen LogP contribution in [0.1, 0.15) is 380 Å². The standard InChI is InChI=1S/C75H136O6/c1-4-7-10-13-16-19-21-23-25-27-29-30-31-32-33-34-35-36-37-38-39-40-41-42-43-44-46-47-49-51-53-56-59-62-65-68-74(77)80-71-72(70-79-73(76)67-64-61-58-55-18-15-12-9-6-3)81-75(78)69-66-63-60-57-54-52-50-48-45-28-26-24-22-20-17-14-11-8-5-2/h8,11,17,20,24,26-27,29,45,48,72H,4-7,9-10,12-16,18-19,21-23,25,28,30-44,46-47,49-71H2,1-3H3/b11-8-,20-17-,26-24-,29-27-,48-45-. The largest absolute Gasteiger partial charge is 0.462 e. The van der Waals surface area contributed by atoms with Gasteiger partial charge in [-0.3, -0.25) is 14.4 Å². The minimum absolute atomic E-state index is 0.0757. The van der Waals surface area contributed by atoms with Crippen LogP contribution in [-0.4, -0.2) is 37.2 Å². The van der Waals surface area contributed by atoms with E-state index in [4.69, 9.17) is 14.2 Å². The van der Waals surface area contributed by atoms with Crippen LogP contribution >= 0.6 is 0 Å². The molecule has 0 amide bonds. The van der Waals surface area contributed by atoms with E-state index in [9.17, 15) is 14.4 Å². The molecule has 0 heterocycles. The van der Waals surface area contributed by atoms with E-state index in [1.807, 2.05) is 0 Å². The summed E-state index contributed by atoms with van der Waals surface area (Å²) < 4.78 is 16.9. The summed E-state index contributed by atoms with van der Waals surface area (Å²) in [6, 6.07) is 0. The van der Waals surface area contributed by atoms with Gasteiger partial charge >= 0.3 is 17.9 Å². The number of hydrogen-bond donors (Lipinski definition) is 0. The fourth-order valence-electron chi connectivity index (χ4n) is 10.7. The summed E-state index contributed by atoms with van der Waals surface area (Å²) >= 11 is 0. The van der Waals surface area contributed by atoms with Gasteiger partial charge in [0.05, 0.1) is 0 Å². The Kier molecular flexibility index (Phi) is 67.1. The molecule has 0 spiro atoms. The smallest absolute Gasteiger partial charge is 0.306 e. The van der Waals surface area contributed by atoms with Gasteiger partial charge in [0.15, 0.2) is 6.10 Å². The summed E-state index contributed by atoms with van der Waals surface area (Å²) in [5.41, 5.74) is 0. The molecule has 0 aromatic carbocycles. The van der Waals surface area contributed by atoms with Gasteiger partial charge in [0, 0.05) is 19.3 Å². The van der Waals surface area contributed by atoms with E-state index in [1.54, 1.807) is 0 Å². The second-order valence-electron chi connectivity index (χ2n) is 24.1. The first-order valence-electron chi connectivity index (χ1n) is 35.8. The Morgan fingerprint density at radius 2 is 0.481 bits per heavy atom. The predicted octanol–water partition coefficient (Wildman–Crippen LogP) is 24.7. The number of esters is 3. The first-order valence-corrected chi connectivity index (χ1v) is 35.8. The lowest BCUT2D eigenvalue weighted by Gasteiger charge is -2.18. The van der Waals surface area contributed by atoms with Gasteiger partial charge < -0.3 is 14.2 Å². The van der Waals surface area contributed by atoms with Crippen molar-refractivity contribution in [1.29, 1.82) is 0 Å². The SMILES string of the molecule is CC/C=C\C/C=C\C/C=C\C/C=C\CCCCCCCCC(=O)OC(COC(=O)CCCCCCCCCCC)COC(=O)CCCCCCCCCCCCCCCCCCCCCCCCC/C=C\CCCCCCCCCC. The number of unbranched alkanes of at least 4 members (excludes halogenated alkanes) is 45. The van der Waals surface area contributed by atoms with Crippen molar-refractivity contribution < 1.29 is 28.6 Å². The van der Waals surface area contributed by atoms with Crippen molar-refractivity contribution >= 4 is 17.9 Å². The molecule has 0 saturated heterocycles. The molecule has 0 bridgehead atoms. The highest BCUT2D eigenvalue weighted by Crippen LogP contribution is 2.18. The third-order valence-corrected chi connectivity index (χ3v) is 16.0. The van der Waals surface area contributed by atoms with Gasteiger partial charge in [-0.2, -0.15) is 0 Å². The zero-order valence-corrected chi connectivity index (χ0v) is 54.3. The van der Waals surface area contributed by atoms with Gasteiger partial charge in [-0.15, -0.1) is 0 Å². The molecular formula is C75H136O6. The van der Waals surface area contributed by atoms with Gasteiger partial charge in [0.2, 0.25) is 0 Å². The molecule has 6 heteroatoms. The van der Waals surface area contributed by atoms with E-state index in [2.05, 4.69) is 81.5 Å². The molecule has 0 fully saturated rings. The number of ether oxygens (including phenoxy) is 3. The Balaban J connectivity index is 4.02. The molecule has 0 radical (unpaired) electrons. The van der Waals surface area contributed by atoms with Crippen LogP contribution < -0.4 is 0 Å². The molecule has 1 atom stereocenters. The predicted molar refractivity (Wildman–Crippen MR) is 353 cm³/mol. The summed E-state index contributed by atoms with van der Waals surface area (Å²) in [6.07, 6.45) is 90.0. The van der Waals surface area contributed by atoms with E-state index in [1.165, 1.54) is 244 Å². The van der Waals surface area contributed by atoms with Crippen LogP contribution in [0.2, 0.25) is 0 Å². The van der Waals surface area contributed by atoms with Crippen molar-refractivity contribution in [1.82, 2.24) is 0 Å². The quantitative estimate of drug-likeness (QED) is 0.0261. The maximum Gasteiger partial charge on any atom is 0.306 e. The normalized spacial score (nSPS) is 12.4. The van der Waals surface area contributed by atoms with Crippen LogP contribution in [0, 0.1) is 0 Å². The molecule has 81 heavy (non-hydrogen) atoms. The third kappa shape index (κ3) is 67.8. The highest BCUT2D eigenvalue weighted by Gasteiger charge is 2.19. The molecule has 472 valence electrons. The molecular weight excluding hydrogens is 997 g/mol. The van der Waals surface area contributed by atoms with E-state index in [0.29, 0.717) is 19.3 Å². The van der Waals surface area contributed by atoms with Crippen LogP contribution in [0.15, 0.2) is 60.8 Å². The van der Waals surface area contributed by atoms with Crippen LogP contribution in [0.25, 0.3) is 0 Å². The van der Waals surface area contributed by atoms with E-state index in [-0.39, 0.29) is 31.1 Å². The van der Waals surface area contributed by atoms with Gasteiger partial charge in [-0.25, -0.2) is 0 Å². The van der Waals surface area contributed by atoms with Crippen molar-refractivity contribution in [3.05, 3.63) is 60.8 Å². The molecule has 0 aromatic heterocycles. The van der Waals surface area contributed by atoms with Crippen LogP contribution in [0.4, 0.5) is 0 Å². The topological polar surface area (TPSA) is 78.9 Å². The average Bonchev–Trinajstić information content (AvgIpc) is 3.47. The fourth-order valence-corrected chi connectivity index (χ4v) is 10.7. The molecule has 0 rings (SSSR count). The summed E-state index contributed by atoms with van der Waals surface area (Å²) in [7, 11) is 0. The molecule has 0 aliphatic carbocycles. The first-order chi connectivity index (χ1) is 40.0. The van der Waals surface area contributed by atoms with Gasteiger partial charge in [-0.05, 0) is 83.5 Å². The van der Waals surface area contributed by atoms with Crippen LogP contribution in [0.3, 0.4) is 0 Å². The number of allylic oxidation sites excluding steroid dienone is 10. The summed E-state index contributed by atoms with van der Waals surface area (Å²) in [5.74, 6) is -0.872. The molecule has 0 N–H and O–H groups in total. The van der Waals surface area contributed by atoms with E-state index in [0.717, 1.165) is 96.3 Å². The van der Waals surface area contributed by atoms with Crippen molar-refractivity contribution in [3.8, 4) is 0 Å². The van der Waals surface area contributed by atoms with Crippen molar-refractivity contribution in [2.24, 2.45) is 0 Å². The van der Waals surface area contributed by atoms with Gasteiger partial charge in [-0.1, -0.05) is 338 Å². The van der Waals surface area contributed by atoms with Crippen molar-refractivity contribution in [2.45, 2.75) is 386 Å². The minimum Gasteiger partial charge on any atom is -0.462 e. The van der Waals surface area contributed by atoms with E-state index >= 15 is 0 Å². The minimum atomic E-state index is -0.779. The zero-order chi connectivity index (χ0) is 58.5. The fraction of sp³-hybridized carbons (Fsp3) is 0.827. The lowest BCUT2D eigenvalue weighted by atomic mass is 10.0. The maximum absolute atomic E-state index is 12.9. The van der Waals surface area contributed by atoms with Gasteiger partial charge in [0.1, 0.15) is 13.2 Å². The Bertz CT molecular complexity index is 1440. The first kappa shape index (κ1) is 78.1. The van der Waals surface area contributed by atoms with Crippen molar-refractivity contribution in [2.75, 3.05) is 13.2 Å². The Morgan fingerprint density at radius 1 is 0.259 bits per heavy atom. The Hall–Kier alpha value is -2.89. The highest BCUT2D eigenvalue weighted by atomic mass is 16.6. The summed E-state index contributed by atoms with van der Waals surface area (Å²) in [5, 5.41) is 0. The molecule has 0 aliphatic rings. The van der Waals surface area contributed by atoms with Gasteiger partial charge in [0.25, 0.3) is 0 Å². The monoisotopic (exact) mass is 1130 g/mol. The second kappa shape index (κ2) is 69.6. The Labute approximate surface area is 504 Å². The molecule has 1 unspecified atom stereocenters. The number of rotatable bonds is 66. The maximum atomic E-state index is 12.9. The lowest BCUT2D eigenvalue weighted by Crippen LogP contribution is -2.30. The highest BCUT2D eigenvalue weighted by molar-refractivity contribution is 5.71. The molecule has 0 aromatic rings. The number of hydrogen-bond acceptors (Lipinski definition) is 6. The number of carbonyl (C=O) groups is 3. The average molecular weight is 1130 g/mol. The van der Waals surface area contributed by atoms with Crippen molar-refractivity contribution in [3.63, 3.8) is 0 Å². The van der Waals surface area contributed by atoms with E-state index < -0.39 is 6.10 Å². The summed E-state index contributed by atoms with van der Waals surface area (Å²) in [6.45, 7) is 6.55. The third-order valence-electron chi connectivity index (χ3n) is 16.0. The number of carbonyl (C=O) groups excluding carboxylic acids is 3. The van der Waals surface area contributed by atoms with Crippen LogP contribution in [0.5, 0.6) is 0 Å². The second-order valence-corrected chi connectivity index (χ2v) is 24.1. The molecule has 0 saturated carbocycles.